The zero-order chi connectivity index (χ0) is 22.6. The van der Waals surface area contributed by atoms with E-state index in [4.69, 9.17) is 13.9 Å². The highest BCUT2D eigenvalue weighted by molar-refractivity contribution is 7.09. The molecule has 33 heavy (non-hydrogen) atoms. The Morgan fingerprint density at radius 3 is 2.61 bits per heavy atom. The summed E-state index contributed by atoms with van der Waals surface area (Å²) in [5.41, 5.74) is 1.64. The van der Waals surface area contributed by atoms with Crippen molar-refractivity contribution in [3.8, 4) is 11.5 Å². The van der Waals surface area contributed by atoms with Crippen LogP contribution in [-0.2, 0) is 6.54 Å². The number of carbonyl (C=O) groups excluding carboxylic acids is 2. The number of fused-ring (bicyclic) bond motifs is 1. The number of benzene rings is 2. The normalized spacial score (nSPS) is 12.2. The number of hydrogen-bond donors (Lipinski definition) is 1. The molecule has 0 atom stereocenters. The molecule has 7 nitrogen and oxygen atoms in total. The maximum absolute atomic E-state index is 13.6. The second-order valence-electron chi connectivity index (χ2n) is 7.31. The average Bonchev–Trinajstić information content (AvgIpc) is 3.57. The molecule has 0 bridgehead atoms. The second kappa shape index (κ2) is 9.22. The zero-order valence-corrected chi connectivity index (χ0v) is 18.3. The number of carbonyl (C=O) groups is 2. The third-order valence-electron chi connectivity index (χ3n) is 5.09. The van der Waals surface area contributed by atoms with Crippen LogP contribution in [0.4, 0.5) is 11.4 Å². The van der Waals surface area contributed by atoms with Crippen LogP contribution in [0.2, 0.25) is 0 Å². The molecule has 0 saturated carbocycles. The summed E-state index contributed by atoms with van der Waals surface area (Å²) in [4.78, 5) is 28.7. The molecule has 0 fully saturated rings. The average molecular weight is 461 g/mol. The highest BCUT2D eigenvalue weighted by Crippen LogP contribution is 2.35. The molecule has 1 aliphatic rings. The summed E-state index contributed by atoms with van der Waals surface area (Å²) >= 11 is 1.58. The van der Waals surface area contributed by atoms with Crippen molar-refractivity contribution in [1.82, 2.24) is 0 Å². The number of ether oxygens (including phenoxy) is 2. The van der Waals surface area contributed by atoms with E-state index in [-0.39, 0.29) is 17.6 Å². The summed E-state index contributed by atoms with van der Waals surface area (Å²) in [6, 6.07) is 19.5. The number of anilines is 2. The van der Waals surface area contributed by atoms with Crippen LogP contribution >= 0.6 is 11.3 Å². The standard InChI is InChI=1S/C25H20N2O5S/c28-24(22-7-2-10-30-22)26-18-5-1-4-17(14-18)25(29)27(16-20-6-3-13-33-20)19-8-9-21-23(15-19)32-12-11-31-21/h1-10,13-15H,11-12,16H2,(H,26,28). The van der Waals surface area contributed by atoms with E-state index in [0.29, 0.717) is 48.2 Å². The monoisotopic (exact) mass is 460 g/mol. The number of amides is 2. The number of furan rings is 1. The van der Waals surface area contributed by atoms with Gasteiger partial charge in [-0.15, -0.1) is 11.3 Å². The van der Waals surface area contributed by atoms with Gasteiger partial charge in [0.05, 0.1) is 12.8 Å². The highest BCUT2D eigenvalue weighted by atomic mass is 32.1. The Balaban J connectivity index is 1.44. The molecule has 0 radical (unpaired) electrons. The zero-order valence-electron chi connectivity index (χ0n) is 17.5. The number of nitrogens with one attached hydrogen (secondary N) is 1. The molecule has 2 aromatic heterocycles. The molecule has 2 aromatic carbocycles. The van der Waals surface area contributed by atoms with Crippen LogP contribution in [0.15, 0.2) is 82.8 Å². The van der Waals surface area contributed by atoms with Gasteiger partial charge in [0, 0.05) is 27.9 Å². The minimum atomic E-state index is -0.383. The van der Waals surface area contributed by atoms with Gasteiger partial charge in [0.15, 0.2) is 17.3 Å². The van der Waals surface area contributed by atoms with E-state index in [9.17, 15) is 9.59 Å². The van der Waals surface area contributed by atoms with E-state index in [0.717, 1.165) is 4.88 Å². The van der Waals surface area contributed by atoms with E-state index in [2.05, 4.69) is 5.32 Å². The molecule has 8 heteroatoms. The molecular formula is C25H20N2O5S. The molecular weight excluding hydrogens is 440 g/mol. The molecule has 0 spiro atoms. The Kier molecular flexibility index (Phi) is 5.82. The number of thiophene rings is 1. The Hall–Kier alpha value is -4.04. The van der Waals surface area contributed by atoms with Crippen molar-refractivity contribution in [2.75, 3.05) is 23.4 Å². The predicted octanol–water partition coefficient (Wildman–Crippen LogP) is 5.21. The van der Waals surface area contributed by atoms with E-state index >= 15 is 0 Å². The van der Waals surface area contributed by atoms with Gasteiger partial charge in [0.2, 0.25) is 0 Å². The number of nitrogens with zero attached hydrogens (tertiary/aromatic N) is 1. The van der Waals surface area contributed by atoms with Crippen molar-refractivity contribution in [1.29, 1.82) is 0 Å². The van der Waals surface area contributed by atoms with Crippen LogP contribution in [0.1, 0.15) is 25.8 Å². The van der Waals surface area contributed by atoms with Crippen molar-refractivity contribution in [2.45, 2.75) is 6.54 Å². The lowest BCUT2D eigenvalue weighted by Gasteiger charge is -2.25. The molecule has 1 N–H and O–H groups in total. The summed E-state index contributed by atoms with van der Waals surface area (Å²) in [6.07, 6.45) is 1.44. The van der Waals surface area contributed by atoms with Crippen LogP contribution in [0.3, 0.4) is 0 Å². The van der Waals surface area contributed by atoms with Crippen molar-refractivity contribution in [3.05, 3.63) is 94.6 Å². The van der Waals surface area contributed by atoms with Crippen LogP contribution in [-0.4, -0.2) is 25.0 Å². The van der Waals surface area contributed by atoms with E-state index < -0.39 is 0 Å². The molecule has 166 valence electrons. The predicted molar refractivity (Wildman–Crippen MR) is 125 cm³/mol. The first-order chi connectivity index (χ1) is 16.2. The highest BCUT2D eigenvalue weighted by Gasteiger charge is 2.22. The van der Waals surface area contributed by atoms with Crippen LogP contribution in [0, 0.1) is 0 Å². The van der Waals surface area contributed by atoms with Gasteiger partial charge in [-0.3, -0.25) is 9.59 Å². The number of rotatable bonds is 6. The van der Waals surface area contributed by atoms with E-state index in [1.54, 1.807) is 52.6 Å². The summed E-state index contributed by atoms with van der Waals surface area (Å²) in [7, 11) is 0. The van der Waals surface area contributed by atoms with Crippen molar-refractivity contribution in [2.24, 2.45) is 0 Å². The van der Waals surface area contributed by atoms with Gasteiger partial charge in [0.1, 0.15) is 13.2 Å². The van der Waals surface area contributed by atoms with Gasteiger partial charge in [0.25, 0.3) is 11.8 Å². The van der Waals surface area contributed by atoms with Gasteiger partial charge in [-0.2, -0.15) is 0 Å². The van der Waals surface area contributed by atoms with Gasteiger partial charge in [-0.05, 0) is 53.9 Å². The first-order valence-electron chi connectivity index (χ1n) is 10.4. The van der Waals surface area contributed by atoms with E-state index in [1.165, 1.54) is 6.26 Å². The fourth-order valence-electron chi connectivity index (χ4n) is 3.52. The molecule has 4 aromatic rings. The molecule has 0 saturated heterocycles. The Morgan fingerprint density at radius 1 is 0.939 bits per heavy atom. The third-order valence-corrected chi connectivity index (χ3v) is 5.95. The molecule has 0 unspecified atom stereocenters. The summed E-state index contributed by atoms with van der Waals surface area (Å²) < 4.78 is 16.5. The van der Waals surface area contributed by atoms with Gasteiger partial charge in [-0.1, -0.05) is 12.1 Å². The summed E-state index contributed by atoms with van der Waals surface area (Å²) in [5, 5.41) is 4.75. The van der Waals surface area contributed by atoms with Crippen molar-refractivity contribution < 1.29 is 23.5 Å². The topological polar surface area (TPSA) is 81.0 Å². The molecule has 2 amide bonds. The molecule has 0 aliphatic carbocycles. The maximum atomic E-state index is 13.6. The Morgan fingerprint density at radius 2 is 1.82 bits per heavy atom. The quantitative estimate of drug-likeness (QED) is 0.427. The lowest BCUT2D eigenvalue weighted by molar-refractivity contribution is 0.0979. The van der Waals surface area contributed by atoms with Crippen LogP contribution in [0.25, 0.3) is 0 Å². The minimum Gasteiger partial charge on any atom is -0.486 e. The summed E-state index contributed by atoms with van der Waals surface area (Å²) in [6.45, 7) is 1.37. The summed E-state index contributed by atoms with van der Waals surface area (Å²) in [5.74, 6) is 0.890. The Labute approximate surface area is 194 Å². The lowest BCUT2D eigenvalue weighted by Crippen LogP contribution is -2.30. The Bertz CT molecular complexity index is 1270. The SMILES string of the molecule is O=C(Nc1cccc(C(=O)N(Cc2cccs2)c2ccc3c(c2)OCCO3)c1)c1ccco1. The van der Waals surface area contributed by atoms with Crippen molar-refractivity contribution >= 4 is 34.5 Å². The smallest absolute Gasteiger partial charge is 0.291 e. The third kappa shape index (κ3) is 4.61. The van der Waals surface area contributed by atoms with Crippen LogP contribution in [0.5, 0.6) is 11.5 Å². The minimum absolute atomic E-state index is 0.197. The van der Waals surface area contributed by atoms with Crippen molar-refractivity contribution in [3.63, 3.8) is 0 Å². The molecule has 1 aliphatic heterocycles. The lowest BCUT2D eigenvalue weighted by atomic mass is 10.1. The van der Waals surface area contributed by atoms with Gasteiger partial charge in [-0.25, -0.2) is 0 Å². The maximum Gasteiger partial charge on any atom is 0.291 e. The largest absolute Gasteiger partial charge is 0.486 e. The fourth-order valence-corrected chi connectivity index (χ4v) is 4.22. The molecule has 5 rings (SSSR count). The first-order valence-corrected chi connectivity index (χ1v) is 11.2. The second-order valence-corrected chi connectivity index (χ2v) is 8.34. The van der Waals surface area contributed by atoms with Gasteiger partial charge >= 0.3 is 0 Å². The molecule has 3 heterocycles. The number of hydrogen-bond acceptors (Lipinski definition) is 6. The van der Waals surface area contributed by atoms with Gasteiger partial charge < -0.3 is 24.1 Å². The fraction of sp³-hybridized carbons (Fsp3) is 0.120. The van der Waals surface area contributed by atoms with E-state index in [1.807, 2.05) is 35.7 Å². The first kappa shape index (κ1) is 20.8. The van der Waals surface area contributed by atoms with Crippen LogP contribution < -0.4 is 19.7 Å².